The predicted octanol–water partition coefficient (Wildman–Crippen LogP) is 1.81. The third kappa shape index (κ3) is 1.68. The molecule has 0 amide bonds. The molecule has 0 aliphatic rings. The predicted molar refractivity (Wildman–Crippen MR) is 37.3 cm³/mol. The third-order valence-electron chi connectivity index (χ3n) is 0.789. The molecule has 1 rings (SSSR count). The molecular weight excluding hydrogens is 199 g/mol. The standard InChI is InChI=1S/C4H2ClFO2S2/c5-10(7,8)4-2-1-3(6)9-4/h1-2H. The molecule has 0 aromatic carbocycles. The van der Waals surface area contributed by atoms with Crippen LogP contribution in [0.3, 0.4) is 0 Å². The van der Waals surface area contributed by atoms with Crippen LogP contribution < -0.4 is 0 Å². The molecule has 0 spiro atoms. The summed E-state index contributed by atoms with van der Waals surface area (Å²) in [7, 11) is 1.16. The van der Waals surface area contributed by atoms with Crippen LogP contribution in [0.5, 0.6) is 0 Å². The van der Waals surface area contributed by atoms with Crippen LogP contribution in [0.2, 0.25) is 0 Å². The van der Waals surface area contributed by atoms with Crippen molar-refractivity contribution in [3.05, 3.63) is 17.3 Å². The summed E-state index contributed by atoms with van der Waals surface area (Å²) in [6.07, 6.45) is 0. The molecule has 1 aromatic heterocycles. The van der Waals surface area contributed by atoms with Crippen molar-refractivity contribution in [2.24, 2.45) is 0 Å². The normalized spacial score (nSPS) is 11.8. The summed E-state index contributed by atoms with van der Waals surface area (Å²) in [6, 6.07) is 2.18. The van der Waals surface area contributed by atoms with Gasteiger partial charge in [0.15, 0.2) is 5.13 Å². The van der Waals surface area contributed by atoms with Crippen molar-refractivity contribution in [2.75, 3.05) is 0 Å². The lowest BCUT2D eigenvalue weighted by molar-refractivity contribution is 0.611. The van der Waals surface area contributed by atoms with Gasteiger partial charge in [-0.15, -0.1) is 0 Å². The Kier molecular flexibility index (Phi) is 1.98. The molecule has 6 heteroatoms. The van der Waals surface area contributed by atoms with E-state index in [9.17, 15) is 12.8 Å². The van der Waals surface area contributed by atoms with Gasteiger partial charge in [-0.05, 0) is 12.1 Å². The maximum absolute atomic E-state index is 12.2. The number of rotatable bonds is 1. The molecular formula is C4H2ClFO2S2. The van der Waals surface area contributed by atoms with E-state index >= 15 is 0 Å². The van der Waals surface area contributed by atoms with Crippen LogP contribution in [0.1, 0.15) is 0 Å². The minimum atomic E-state index is -3.73. The Morgan fingerprint density at radius 2 is 2.10 bits per heavy atom. The van der Waals surface area contributed by atoms with Gasteiger partial charge in [0.2, 0.25) is 0 Å². The van der Waals surface area contributed by atoms with Crippen molar-refractivity contribution in [3.8, 4) is 0 Å². The van der Waals surface area contributed by atoms with Crippen LogP contribution in [-0.2, 0) is 9.05 Å². The fourth-order valence-electron chi connectivity index (χ4n) is 0.429. The smallest absolute Gasteiger partial charge is 0.206 e. The Labute approximate surface area is 65.7 Å². The Balaban J connectivity index is 3.21. The van der Waals surface area contributed by atoms with Crippen LogP contribution in [0.4, 0.5) is 4.39 Å². The zero-order chi connectivity index (χ0) is 7.78. The van der Waals surface area contributed by atoms with Gasteiger partial charge in [0.25, 0.3) is 9.05 Å². The van der Waals surface area contributed by atoms with E-state index in [0.29, 0.717) is 11.3 Å². The van der Waals surface area contributed by atoms with Gasteiger partial charge in [-0.3, -0.25) is 0 Å². The zero-order valence-electron chi connectivity index (χ0n) is 4.54. The van der Waals surface area contributed by atoms with E-state index in [4.69, 9.17) is 10.7 Å². The summed E-state index contributed by atoms with van der Waals surface area (Å²) in [5.41, 5.74) is 0. The van der Waals surface area contributed by atoms with Crippen molar-refractivity contribution in [2.45, 2.75) is 4.21 Å². The average Bonchev–Trinajstić information content (AvgIpc) is 2.11. The van der Waals surface area contributed by atoms with Crippen LogP contribution >= 0.6 is 22.0 Å². The summed E-state index contributed by atoms with van der Waals surface area (Å²) in [5, 5.41) is -0.556. The lowest BCUT2D eigenvalue weighted by Crippen LogP contribution is -1.82. The molecule has 0 saturated carbocycles. The monoisotopic (exact) mass is 200 g/mol. The summed E-state index contributed by atoms with van der Waals surface area (Å²) in [4.78, 5) is 0. The Morgan fingerprint density at radius 1 is 1.50 bits per heavy atom. The van der Waals surface area contributed by atoms with Gasteiger partial charge in [-0.2, -0.15) is 4.39 Å². The lowest BCUT2D eigenvalue weighted by Gasteiger charge is -1.83. The van der Waals surface area contributed by atoms with Crippen molar-refractivity contribution < 1.29 is 12.8 Å². The summed E-state index contributed by atoms with van der Waals surface area (Å²) >= 11 is 0.508. The maximum atomic E-state index is 12.2. The number of halogens is 2. The first-order chi connectivity index (χ1) is 4.50. The van der Waals surface area contributed by atoms with E-state index in [1.807, 2.05) is 0 Å². The molecule has 0 saturated heterocycles. The number of thiophene rings is 1. The second-order valence-electron chi connectivity index (χ2n) is 1.50. The van der Waals surface area contributed by atoms with E-state index in [1.165, 1.54) is 0 Å². The molecule has 0 aliphatic heterocycles. The first kappa shape index (κ1) is 7.97. The first-order valence-electron chi connectivity index (χ1n) is 2.20. The maximum Gasteiger partial charge on any atom is 0.270 e. The molecule has 2 nitrogen and oxygen atoms in total. The highest BCUT2D eigenvalue weighted by Crippen LogP contribution is 2.22. The van der Waals surface area contributed by atoms with E-state index in [1.54, 1.807) is 0 Å². The molecule has 0 fully saturated rings. The lowest BCUT2D eigenvalue weighted by atomic mass is 10.7. The summed E-state index contributed by atoms with van der Waals surface area (Å²) < 4.78 is 32.9. The van der Waals surface area contributed by atoms with E-state index < -0.39 is 14.2 Å². The van der Waals surface area contributed by atoms with Crippen LogP contribution in [0, 0.1) is 5.13 Å². The Bertz CT molecular complexity index is 329. The number of hydrogen-bond donors (Lipinski definition) is 0. The van der Waals surface area contributed by atoms with Gasteiger partial charge in [-0.25, -0.2) is 8.42 Å². The van der Waals surface area contributed by atoms with Gasteiger partial charge < -0.3 is 0 Å². The van der Waals surface area contributed by atoms with E-state index in [0.717, 1.165) is 12.1 Å². The van der Waals surface area contributed by atoms with Crippen molar-refractivity contribution in [1.82, 2.24) is 0 Å². The number of hydrogen-bond acceptors (Lipinski definition) is 3. The molecule has 0 unspecified atom stereocenters. The third-order valence-corrected chi connectivity index (χ3v) is 3.76. The largest absolute Gasteiger partial charge is 0.270 e. The summed E-state index contributed by atoms with van der Waals surface area (Å²) in [5.74, 6) is 0. The molecule has 1 heterocycles. The molecule has 1 aromatic rings. The molecule has 0 aliphatic carbocycles. The molecule has 56 valence electrons. The van der Waals surface area contributed by atoms with Gasteiger partial charge in [-0.1, -0.05) is 11.3 Å². The Morgan fingerprint density at radius 3 is 2.30 bits per heavy atom. The van der Waals surface area contributed by atoms with Gasteiger partial charge >= 0.3 is 0 Å². The highest BCUT2D eigenvalue weighted by molar-refractivity contribution is 8.15. The molecule has 0 radical (unpaired) electrons. The van der Waals surface area contributed by atoms with E-state index in [2.05, 4.69) is 0 Å². The van der Waals surface area contributed by atoms with Gasteiger partial charge in [0.1, 0.15) is 4.21 Å². The minimum absolute atomic E-state index is 0.160. The molecule has 0 bridgehead atoms. The van der Waals surface area contributed by atoms with Gasteiger partial charge in [0.05, 0.1) is 0 Å². The van der Waals surface area contributed by atoms with Crippen molar-refractivity contribution in [3.63, 3.8) is 0 Å². The highest BCUT2D eigenvalue weighted by atomic mass is 35.7. The summed E-state index contributed by atoms with van der Waals surface area (Å²) in [6.45, 7) is 0. The van der Waals surface area contributed by atoms with E-state index in [-0.39, 0.29) is 4.21 Å². The second kappa shape index (κ2) is 2.48. The highest BCUT2D eigenvalue weighted by Gasteiger charge is 2.12. The topological polar surface area (TPSA) is 34.1 Å². The quantitative estimate of drug-likeness (QED) is 0.648. The molecule has 0 atom stereocenters. The van der Waals surface area contributed by atoms with Crippen molar-refractivity contribution >= 4 is 31.1 Å². The zero-order valence-corrected chi connectivity index (χ0v) is 6.93. The fraction of sp³-hybridized carbons (Fsp3) is 0. The van der Waals surface area contributed by atoms with Gasteiger partial charge in [0, 0.05) is 10.7 Å². The minimum Gasteiger partial charge on any atom is -0.206 e. The van der Waals surface area contributed by atoms with Crippen LogP contribution in [-0.4, -0.2) is 8.42 Å². The SMILES string of the molecule is O=S(=O)(Cl)c1ccc(F)s1. The first-order valence-corrected chi connectivity index (χ1v) is 5.33. The Hall–Kier alpha value is -0.130. The molecule has 10 heavy (non-hydrogen) atoms. The second-order valence-corrected chi connectivity index (χ2v) is 5.32. The van der Waals surface area contributed by atoms with Crippen molar-refractivity contribution in [1.29, 1.82) is 0 Å². The van der Waals surface area contributed by atoms with Crippen LogP contribution in [0.25, 0.3) is 0 Å². The fourth-order valence-corrected chi connectivity index (χ4v) is 2.20. The van der Waals surface area contributed by atoms with Crippen LogP contribution in [0.15, 0.2) is 16.3 Å². The average molecular weight is 201 g/mol. The molecule has 0 N–H and O–H groups in total.